The van der Waals surface area contributed by atoms with Crippen LogP contribution in [0.2, 0.25) is 0 Å². The first kappa shape index (κ1) is 24.4. The molecule has 188 valence electrons. The van der Waals surface area contributed by atoms with Crippen LogP contribution in [0.3, 0.4) is 0 Å². The fraction of sp³-hybridized carbons (Fsp3) is 0.938. The summed E-state index contributed by atoms with van der Waals surface area (Å²) in [5.41, 5.74) is 4.21. The molecule has 0 heterocycles. The molecule has 5 aliphatic rings. The van der Waals surface area contributed by atoms with E-state index in [1.165, 1.54) is 69.8 Å². The molecule has 0 N–H and O–H groups in total. The van der Waals surface area contributed by atoms with Crippen LogP contribution in [0.5, 0.6) is 0 Å². The van der Waals surface area contributed by atoms with E-state index in [9.17, 15) is 0 Å². The zero-order valence-corrected chi connectivity index (χ0v) is 23.4. The molecule has 0 radical (unpaired) electrons. The monoisotopic (exact) mass is 454 g/mol. The molecule has 2 spiro atoms. The molecular formula is C32H54O. The van der Waals surface area contributed by atoms with E-state index in [4.69, 9.17) is 4.74 Å². The molecule has 0 bridgehead atoms. The Balaban J connectivity index is 1.38. The van der Waals surface area contributed by atoms with Crippen LogP contribution in [-0.4, -0.2) is 13.2 Å². The maximum atomic E-state index is 6.05. The van der Waals surface area contributed by atoms with Gasteiger partial charge in [-0.1, -0.05) is 60.6 Å². The molecule has 9 atom stereocenters. The van der Waals surface area contributed by atoms with Gasteiger partial charge in [-0.2, -0.15) is 0 Å². The summed E-state index contributed by atoms with van der Waals surface area (Å²) in [6, 6.07) is 0. The van der Waals surface area contributed by atoms with Crippen LogP contribution in [0.4, 0.5) is 0 Å². The predicted octanol–water partition coefficient (Wildman–Crippen LogP) is 9.07. The van der Waals surface area contributed by atoms with Crippen molar-refractivity contribution in [3.8, 4) is 0 Å². The van der Waals surface area contributed by atoms with E-state index in [0.29, 0.717) is 39.1 Å². The Labute approximate surface area is 205 Å². The molecule has 5 aliphatic carbocycles. The predicted molar refractivity (Wildman–Crippen MR) is 140 cm³/mol. The third kappa shape index (κ3) is 2.99. The first-order chi connectivity index (χ1) is 15.4. The summed E-state index contributed by atoms with van der Waals surface area (Å²) < 4.78 is 6.05. The smallest absolute Gasteiger partial charge is 0.0625 e. The van der Waals surface area contributed by atoms with Crippen molar-refractivity contribution in [2.75, 3.05) is 7.11 Å². The number of fused-ring (bicyclic) bond motifs is 2. The Morgan fingerprint density at radius 3 is 2.18 bits per heavy atom. The average molecular weight is 455 g/mol. The van der Waals surface area contributed by atoms with Crippen molar-refractivity contribution in [2.24, 2.45) is 56.7 Å². The van der Waals surface area contributed by atoms with Crippen molar-refractivity contribution < 1.29 is 4.74 Å². The molecule has 0 saturated heterocycles. The van der Waals surface area contributed by atoms with Crippen molar-refractivity contribution in [3.63, 3.8) is 0 Å². The van der Waals surface area contributed by atoms with Crippen molar-refractivity contribution in [2.45, 2.75) is 125 Å². The maximum absolute atomic E-state index is 6.05. The van der Waals surface area contributed by atoms with Gasteiger partial charge in [-0.05, 0) is 127 Å². The summed E-state index contributed by atoms with van der Waals surface area (Å²) in [7, 11) is 1.96. The van der Waals surface area contributed by atoms with Gasteiger partial charge in [-0.15, -0.1) is 0 Å². The minimum atomic E-state index is 0.342. The molecule has 0 aromatic heterocycles. The number of rotatable bonds is 6. The normalized spacial score (nSPS) is 50.7. The molecular weight excluding hydrogens is 400 g/mol. The molecule has 0 aromatic carbocycles. The van der Waals surface area contributed by atoms with E-state index in [1.807, 2.05) is 7.11 Å². The van der Waals surface area contributed by atoms with Gasteiger partial charge in [-0.25, -0.2) is 0 Å². The third-order valence-corrected chi connectivity index (χ3v) is 13.8. The molecule has 5 fully saturated rings. The summed E-state index contributed by atoms with van der Waals surface area (Å²) in [4.78, 5) is 0. The highest BCUT2D eigenvalue weighted by molar-refractivity contribution is 5.30. The number of ether oxygens (including phenoxy) is 1. The maximum Gasteiger partial charge on any atom is 0.0625 e. The van der Waals surface area contributed by atoms with Crippen molar-refractivity contribution in [3.05, 3.63) is 12.2 Å². The van der Waals surface area contributed by atoms with E-state index >= 15 is 0 Å². The van der Waals surface area contributed by atoms with Gasteiger partial charge in [0.1, 0.15) is 0 Å². The Hall–Kier alpha value is -0.300. The van der Waals surface area contributed by atoms with E-state index in [-0.39, 0.29) is 0 Å². The van der Waals surface area contributed by atoms with Crippen LogP contribution in [-0.2, 0) is 4.74 Å². The van der Waals surface area contributed by atoms with Crippen LogP contribution in [0.25, 0.3) is 0 Å². The highest BCUT2D eigenvalue weighted by Crippen LogP contribution is 2.89. The summed E-state index contributed by atoms with van der Waals surface area (Å²) in [5, 5.41) is 0. The van der Waals surface area contributed by atoms with Gasteiger partial charge in [0.25, 0.3) is 0 Å². The lowest BCUT2D eigenvalue weighted by atomic mass is 9.41. The molecule has 1 nitrogen and oxygen atoms in total. The first-order valence-corrected chi connectivity index (χ1v) is 14.6. The highest BCUT2D eigenvalue weighted by atomic mass is 16.5. The number of hydrogen-bond acceptors (Lipinski definition) is 1. The van der Waals surface area contributed by atoms with Gasteiger partial charge in [-0.3, -0.25) is 0 Å². The Morgan fingerprint density at radius 2 is 1.52 bits per heavy atom. The fourth-order valence-electron chi connectivity index (χ4n) is 11.6. The lowest BCUT2D eigenvalue weighted by Crippen LogP contribution is -2.57. The van der Waals surface area contributed by atoms with Gasteiger partial charge in [0.05, 0.1) is 6.10 Å². The third-order valence-electron chi connectivity index (χ3n) is 13.8. The quantitative estimate of drug-likeness (QED) is 0.364. The molecule has 1 heteroatoms. The van der Waals surface area contributed by atoms with E-state index < -0.39 is 0 Å². The first-order valence-electron chi connectivity index (χ1n) is 14.6. The van der Waals surface area contributed by atoms with Crippen molar-refractivity contribution >= 4 is 0 Å². The number of methoxy groups -OCH3 is 1. The summed E-state index contributed by atoms with van der Waals surface area (Å²) in [5.74, 6) is 4.23. The van der Waals surface area contributed by atoms with E-state index in [1.54, 1.807) is 6.42 Å². The molecule has 5 saturated carbocycles. The molecule has 0 unspecified atom stereocenters. The zero-order chi connectivity index (χ0) is 24.0. The standard InChI is InChI=1S/C32H54O/c1-21(2)22(3)10-11-23(4)24-14-16-30(8)26-13-12-25-28(5,6)27(33-9)15-17-31(25)20-32(26,31)19-18-29(24,30)7/h21,23-27H,3,10-20H2,1-2,4-9H3/t23-,24-,25+,26+,27+,29-,30+,31-,32-/m1/s1. The summed E-state index contributed by atoms with van der Waals surface area (Å²) in [6.07, 6.45) is 16.3. The van der Waals surface area contributed by atoms with Gasteiger partial charge in [0.2, 0.25) is 0 Å². The molecule has 0 aromatic rings. The minimum absolute atomic E-state index is 0.342. The van der Waals surface area contributed by atoms with Gasteiger partial charge < -0.3 is 4.74 Å². The number of hydrogen-bond donors (Lipinski definition) is 0. The van der Waals surface area contributed by atoms with Gasteiger partial charge in [0, 0.05) is 7.11 Å². The molecule has 0 aliphatic heterocycles. The molecule has 0 amide bonds. The Bertz CT molecular complexity index is 794. The van der Waals surface area contributed by atoms with Crippen molar-refractivity contribution in [1.29, 1.82) is 0 Å². The lowest BCUT2D eigenvalue weighted by Gasteiger charge is -2.63. The zero-order valence-electron chi connectivity index (χ0n) is 23.4. The Morgan fingerprint density at radius 1 is 0.848 bits per heavy atom. The lowest BCUT2D eigenvalue weighted by molar-refractivity contribution is -0.166. The van der Waals surface area contributed by atoms with Gasteiger partial charge in [0.15, 0.2) is 0 Å². The topological polar surface area (TPSA) is 9.23 Å². The second-order valence-electron chi connectivity index (χ2n) is 15.1. The van der Waals surface area contributed by atoms with E-state index in [2.05, 4.69) is 55.0 Å². The van der Waals surface area contributed by atoms with Gasteiger partial charge >= 0.3 is 0 Å². The largest absolute Gasteiger partial charge is 0.381 e. The highest BCUT2D eigenvalue weighted by Gasteiger charge is 2.82. The second kappa shape index (κ2) is 7.60. The van der Waals surface area contributed by atoms with E-state index in [0.717, 1.165) is 23.7 Å². The summed E-state index contributed by atoms with van der Waals surface area (Å²) in [6.45, 7) is 22.2. The van der Waals surface area contributed by atoms with Crippen molar-refractivity contribution in [1.82, 2.24) is 0 Å². The Kier molecular flexibility index (Phi) is 5.62. The minimum Gasteiger partial charge on any atom is -0.381 e. The summed E-state index contributed by atoms with van der Waals surface area (Å²) >= 11 is 0. The molecule has 5 rings (SSSR count). The van der Waals surface area contributed by atoms with Crippen LogP contribution < -0.4 is 0 Å². The SMILES string of the molecule is C=C(CC[C@@H](C)[C@H]1CC[C@@]2(C)[C@@H]3CC[C@H]4C(C)(C)[C@@H](OC)CC[C@@]45C[C@]35CC[C@]12C)C(C)C. The average Bonchev–Trinajstić information content (AvgIpc) is 3.33. The van der Waals surface area contributed by atoms with Crippen LogP contribution in [0, 0.1) is 56.7 Å². The number of allylic oxidation sites excluding steroid dienone is 1. The fourth-order valence-corrected chi connectivity index (χ4v) is 11.6. The van der Waals surface area contributed by atoms with Crippen LogP contribution in [0.1, 0.15) is 119 Å². The second-order valence-corrected chi connectivity index (χ2v) is 15.1. The van der Waals surface area contributed by atoms with Crippen LogP contribution >= 0.6 is 0 Å². The van der Waals surface area contributed by atoms with Crippen LogP contribution in [0.15, 0.2) is 12.2 Å². The molecule has 33 heavy (non-hydrogen) atoms.